The minimum Gasteiger partial charge on any atom is -0.478 e. The molecule has 4 rings (SSSR count). The molecular weight excluding hydrogens is 471 g/mol. The average molecular weight is 497 g/mol. The van der Waals surface area contributed by atoms with Gasteiger partial charge >= 0.3 is 5.97 Å². The summed E-state index contributed by atoms with van der Waals surface area (Å²) in [6.45, 7) is 5.37. The second-order valence-corrected chi connectivity index (χ2v) is 8.75. The van der Waals surface area contributed by atoms with Crippen molar-refractivity contribution in [1.29, 1.82) is 0 Å². The Bertz CT molecular complexity index is 1250. The molecule has 2 heterocycles. The molecule has 0 bridgehead atoms. The molecule has 7 nitrogen and oxygen atoms in total. The maximum atomic E-state index is 13.6. The van der Waals surface area contributed by atoms with E-state index in [0.717, 1.165) is 35.0 Å². The van der Waals surface area contributed by atoms with Crippen molar-refractivity contribution in [2.75, 3.05) is 23.4 Å². The van der Waals surface area contributed by atoms with Gasteiger partial charge in [0.25, 0.3) is 0 Å². The lowest BCUT2D eigenvalue weighted by Crippen LogP contribution is -2.49. The van der Waals surface area contributed by atoms with Crippen LogP contribution in [0.3, 0.4) is 0 Å². The van der Waals surface area contributed by atoms with Crippen LogP contribution in [0.25, 0.3) is 17.2 Å². The molecule has 3 aromatic rings. The van der Waals surface area contributed by atoms with Gasteiger partial charge < -0.3 is 20.1 Å². The van der Waals surface area contributed by atoms with E-state index in [1.54, 1.807) is 18.3 Å². The summed E-state index contributed by atoms with van der Waals surface area (Å²) in [6.07, 6.45) is 5.29. The van der Waals surface area contributed by atoms with Crippen LogP contribution in [0.5, 0.6) is 0 Å². The van der Waals surface area contributed by atoms with Gasteiger partial charge in [-0.25, -0.2) is 14.2 Å². The van der Waals surface area contributed by atoms with E-state index in [1.807, 2.05) is 31.2 Å². The number of nitrogens with zero attached hydrogens (tertiary/aromatic N) is 3. The Labute approximate surface area is 208 Å². The number of hydrogen-bond acceptors (Lipinski definition) is 6. The van der Waals surface area contributed by atoms with E-state index >= 15 is 0 Å². The van der Waals surface area contributed by atoms with Crippen molar-refractivity contribution in [2.24, 2.45) is 0 Å². The molecule has 1 fully saturated rings. The van der Waals surface area contributed by atoms with Gasteiger partial charge in [0.05, 0.1) is 23.8 Å². The van der Waals surface area contributed by atoms with Gasteiger partial charge in [-0.1, -0.05) is 36.7 Å². The molecule has 35 heavy (non-hydrogen) atoms. The number of anilines is 3. The highest BCUT2D eigenvalue weighted by atomic mass is 35.5. The number of halogens is 2. The zero-order chi connectivity index (χ0) is 24.9. The van der Waals surface area contributed by atoms with Gasteiger partial charge in [0.2, 0.25) is 5.95 Å². The van der Waals surface area contributed by atoms with E-state index < -0.39 is 11.8 Å². The van der Waals surface area contributed by atoms with Crippen LogP contribution in [0.15, 0.2) is 54.7 Å². The van der Waals surface area contributed by atoms with Gasteiger partial charge in [0.1, 0.15) is 11.6 Å². The molecule has 0 saturated carbocycles. The van der Waals surface area contributed by atoms with Crippen molar-refractivity contribution >= 4 is 41.1 Å². The summed E-state index contributed by atoms with van der Waals surface area (Å²) in [5, 5.41) is 12.1. The lowest BCUT2D eigenvalue weighted by molar-refractivity contribution is -0.131. The first-order chi connectivity index (χ1) is 16.8. The molecule has 1 saturated heterocycles. The number of ether oxygens (including phenoxy) is 1. The normalized spacial score (nSPS) is 18.1. The summed E-state index contributed by atoms with van der Waals surface area (Å²) in [7, 11) is 0. The van der Waals surface area contributed by atoms with Crippen LogP contribution in [0.1, 0.15) is 25.8 Å². The fraction of sp³-hybridized carbons (Fsp3) is 0.269. The lowest BCUT2D eigenvalue weighted by atomic mass is 10.0. The number of benzene rings is 2. The predicted octanol–water partition coefficient (Wildman–Crippen LogP) is 5.78. The van der Waals surface area contributed by atoms with Crippen molar-refractivity contribution in [2.45, 2.75) is 32.4 Å². The molecule has 1 aliphatic rings. The minimum atomic E-state index is -1.01. The predicted molar refractivity (Wildman–Crippen MR) is 136 cm³/mol. The first-order valence-corrected chi connectivity index (χ1v) is 11.7. The number of hydrogen-bond donors (Lipinski definition) is 2. The van der Waals surface area contributed by atoms with E-state index in [9.17, 15) is 9.18 Å². The molecule has 2 aromatic carbocycles. The third-order valence-electron chi connectivity index (χ3n) is 5.77. The van der Waals surface area contributed by atoms with Crippen LogP contribution in [-0.2, 0) is 9.53 Å². The molecule has 0 spiro atoms. The highest BCUT2D eigenvalue weighted by Crippen LogP contribution is 2.34. The van der Waals surface area contributed by atoms with Crippen LogP contribution < -0.4 is 10.2 Å². The van der Waals surface area contributed by atoms with Crippen molar-refractivity contribution in [3.8, 4) is 11.1 Å². The van der Waals surface area contributed by atoms with E-state index in [4.69, 9.17) is 26.4 Å². The van der Waals surface area contributed by atoms with Crippen LogP contribution in [0.2, 0.25) is 5.02 Å². The number of rotatable bonds is 7. The van der Waals surface area contributed by atoms with Gasteiger partial charge in [-0.05, 0) is 54.8 Å². The number of carboxylic acids is 1. The zero-order valence-electron chi connectivity index (χ0n) is 19.4. The molecule has 2 N–H and O–H groups in total. The second kappa shape index (κ2) is 10.8. The smallest absolute Gasteiger partial charge is 0.328 e. The zero-order valence-corrected chi connectivity index (χ0v) is 20.2. The Morgan fingerprint density at radius 3 is 2.91 bits per heavy atom. The van der Waals surface area contributed by atoms with Gasteiger partial charge in [-0.15, -0.1) is 0 Å². The van der Waals surface area contributed by atoms with Crippen molar-refractivity contribution in [1.82, 2.24) is 9.97 Å². The third kappa shape index (κ3) is 5.96. The number of aliphatic carboxylic acids is 1. The number of carbonyl (C=O) groups is 1. The molecule has 2 atom stereocenters. The standard InChI is InChI=1S/C26H26ClFN4O3/c1-3-20-15-35-16(2)14-32(20)25-21(18-6-4-5-17(11-18)7-10-24(33)34)13-29-26(31-25)30-19-8-9-23(28)22(27)12-19/h4-13,16,20H,3,14-15H2,1-2H3,(H,33,34)(H,29,30,31)/b10-7+. The van der Waals surface area contributed by atoms with Crippen LogP contribution in [0.4, 0.5) is 21.8 Å². The highest BCUT2D eigenvalue weighted by Gasteiger charge is 2.29. The average Bonchev–Trinajstić information content (AvgIpc) is 2.85. The quantitative estimate of drug-likeness (QED) is 0.401. The lowest BCUT2D eigenvalue weighted by Gasteiger charge is -2.40. The number of morpholine rings is 1. The SMILES string of the molecule is CCC1COC(C)CN1c1nc(Nc2ccc(F)c(Cl)c2)ncc1-c1cccc(/C=C/C(=O)O)c1. The largest absolute Gasteiger partial charge is 0.478 e. The Morgan fingerprint density at radius 1 is 1.34 bits per heavy atom. The summed E-state index contributed by atoms with van der Waals surface area (Å²) in [6, 6.07) is 12.0. The molecule has 0 radical (unpaired) electrons. The first kappa shape index (κ1) is 24.6. The number of carboxylic acid groups (broad SMARTS) is 1. The second-order valence-electron chi connectivity index (χ2n) is 8.34. The highest BCUT2D eigenvalue weighted by molar-refractivity contribution is 6.31. The topological polar surface area (TPSA) is 87.6 Å². The fourth-order valence-corrected chi connectivity index (χ4v) is 4.16. The summed E-state index contributed by atoms with van der Waals surface area (Å²) < 4.78 is 19.5. The molecule has 9 heteroatoms. The van der Waals surface area contributed by atoms with Gasteiger partial charge in [0, 0.05) is 30.1 Å². The monoisotopic (exact) mass is 496 g/mol. The Balaban J connectivity index is 1.77. The van der Waals surface area contributed by atoms with Gasteiger partial charge in [-0.3, -0.25) is 0 Å². The maximum absolute atomic E-state index is 13.6. The summed E-state index contributed by atoms with van der Waals surface area (Å²) >= 11 is 5.93. The van der Waals surface area contributed by atoms with Crippen LogP contribution >= 0.6 is 11.6 Å². The van der Waals surface area contributed by atoms with Crippen molar-refractivity contribution in [3.05, 3.63) is 71.1 Å². The molecule has 0 aliphatic carbocycles. The van der Waals surface area contributed by atoms with Gasteiger partial charge in [-0.2, -0.15) is 4.98 Å². The number of aromatic nitrogens is 2. The van der Waals surface area contributed by atoms with E-state index in [2.05, 4.69) is 22.1 Å². The van der Waals surface area contributed by atoms with E-state index in [-0.39, 0.29) is 17.2 Å². The fourth-order valence-electron chi connectivity index (χ4n) is 3.98. The Hall–Kier alpha value is -3.49. The van der Waals surface area contributed by atoms with Gasteiger partial charge in [0.15, 0.2) is 0 Å². The molecule has 2 unspecified atom stereocenters. The summed E-state index contributed by atoms with van der Waals surface area (Å²) in [5.41, 5.74) is 2.99. The van der Waals surface area contributed by atoms with E-state index in [0.29, 0.717) is 24.8 Å². The summed E-state index contributed by atoms with van der Waals surface area (Å²) in [5.74, 6) is -0.428. The van der Waals surface area contributed by atoms with Crippen molar-refractivity contribution in [3.63, 3.8) is 0 Å². The summed E-state index contributed by atoms with van der Waals surface area (Å²) in [4.78, 5) is 22.5. The van der Waals surface area contributed by atoms with Crippen LogP contribution in [0, 0.1) is 5.82 Å². The number of nitrogens with one attached hydrogen (secondary N) is 1. The minimum absolute atomic E-state index is 0.00567. The molecule has 0 amide bonds. The Kier molecular flexibility index (Phi) is 7.63. The molecular formula is C26H26ClFN4O3. The molecule has 1 aromatic heterocycles. The Morgan fingerprint density at radius 2 is 2.17 bits per heavy atom. The molecule has 1 aliphatic heterocycles. The first-order valence-electron chi connectivity index (χ1n) is 11.3. The van der Waals surface area contributed by atoms with E-state index in [1.165, 1.54) is 12.1 Å². The third-order valence-corrected chi connectivity index (χ3v) is 6.06. The van der Waals surface area contributed by atoms with Crippen molar-refractivity contribution < 1.29 is 19.0 Å². The molecule has 182 valence electrons. The van der Waals surface area contributed by atoms with Crippen LogP contribution in [-0.4, -0.2) is 46.3 Å². The maximum Gasteiger partial charge on any atom is 0.328 e.